The molecule has 0 aliphatic carbocycles. The Morgan fingerprint density at radius 2 is 2.07 bits per heavy atom. The van der Waals surface area contributed by atoms with E-state index < -0.39 is 27.8 Å². The third-order valence-corrected chi connectivity index (χ3v) is 6.04. The van der Waals surface area contributed by atoms with Gasteiger partial charge in [-0.25, -0.2) is 13.1 Å². The van der Waals surface area contributed by atoms with E-state index in [4.69, 9.17) is 4.42 Å². The van der Waals surface area contributed by atoms with Crippen molar-refractivity contribution in [2.24, 2.45) is 0 Å². The molecular formula is C19H22N2O6S. The Labute approximate surface area is 163 Å². The van der Waals surface area contributed by atoms with Crippen molar-refractivity contribution in [1.29, 1.82) is 0 Å². The lowest BCUT2D eigenvalue weighted by Gasteiger charge is -2.28. The largest absolute Gasteiger partial charge is 0.461 e. The highest BCUT2D eigenvalue weighted by atomic mass is 32.2. The molecule has 2 N–H and O–H groups in total. The van der Waals surface area contributed by atoms with Crippen LogP contribution in [0.1, 0.15) is 35.0 Å². The van der Waals surface area contributed by atoms with E-state index in [0.717, 1.165) is 5.56 Å². The number of carbonyl (C=O) groups excluding carboxylic acids is 2. The van der Waals surface area contributed by atoms with Crippen LogP contribution in [0, 0.1) is 0 Å². The van der Waals surface area contributed by atoms with Crippen LogP contribution in [0.15, 0.2) is 45.9 Å². The Balaban J connectivity index is 1.74. The average Bonchev–Trinajstić information content (AvgIpc) is 3.20. The molecule has 0 saturated carbocycles. The molecule has 1 aliphatic rings. The molecule has 28 heavy (non-hydrogen) atoms. The number of hydrogen-bond acceptors (Lipinski definition) is 6. The number of ketones is 1. The van der Waals surface area contributed by atoms with Gasteiger partial charge in [0.05, 0.1) is 17.3 Å². The number of nitrogens with one attached hydrogen (secondary N) is 1. The first-order valence-electron chi connectivity index (χ1n) is 8.94. The van der Waals surface area contributed by atoms with Crippen LogP contribution >= 0.6 is 0 Å². The molecule has 9 heteroatoms. The molecule has 1 aliphatic heterocycles. The molecule has 0 radical (unpaired) electrons. The van der Waals surface area contributed by atoms with Gasteiger partial charge in [-0.2, -0.15) is 0 Å². The van der Waals surface area contributed by atoms with E-state index >= 15 is 0 Å². The number of benzene rings is 1. The van der Waals surface area contributed by atoms with E-state index in [2.05, 4.69) is 4.72 Å². The first-order chi connectivity index (χ1) is 13.3. The van der Waals surface area contributed by atoms with Crippen LogP contribution in [0.3, 0.4) is 0 Å². The van der Waals surface area contributed by atoms with Gasteiger partial charge >= 0.3 is 0 Å². The highest BCUT2D eigenvalue weighted by molar-refractivity contribution is 7.89. The van der Waals surface area contributed by atoms with E-state index in [-0.39, 0.29) is 23.7 Å². The first-order valence-corrected chi connectivity index (χ1v) is 10.4. The van der Waals surface area contributed by atoms with Crippen LogP contribution < -0.4 is 4.72 Å². The zero-order valence-corrected chi connectivity index (χ0v) is 16.2. The summed E-state index contributed by atoms with van der Waals surface area (Å²) in [5, 5.41) is 9.27. The van der Waals surface area contributed by atoms with Crippen molar-refractivity contribution in [2.75, 3.05) is 13.1 Å². The second kappa shape index (κ2) is 8.26. The van der Waals surface area contributed by atoms with Crippen LogP contribution in [0.4, 0.5) is 0 Å². The van der Waals surface area contributed by atoms with Crippen LogP contribution in [0.2, 0.25) is 0 Å². The number of carbonyl (C=O) groups is 2. The van der Waals surface area contributed by atoms with Gasteiger partial charge in [0.1, 0.15) is 0 Å². The molecule has 0 bridgehead atoms. The number of hydrogen-bond donors (Lipinski definition) is 2. The third kappa shape index (κ3) is 4.49. The lowest BCUT2D eigenvalue weighted by atomic mass is 9.99. The number of amides is 1. The smallest absolute Gasteiger partial charge is 0.298 e. The quantitative estimate of drug-likeness (QED) is 0.525. The fraction of sp³-hybridized carbons (Fsp3) is 0.368. The highest BCUT2D eigenvalue weighted by Gasteiger charge is 2.29. The zero-order chi connectivity index (χ0) is 20.3. The molecule has 0 saturated heterocycles. The topological polar surface area (TPSA) is 117 Å². The standard InChI is InChI=1S/C19H22N2O6S/c1-13(22)6-8-20-28(25,26)16-5-4-14-7-9-21(12-15(14)11-16)19(24)18(23)17-3-2-10-27-17/h2-5,10-11,13,20,22H,6-9,12H2,1H3. The summed E-state index contributed by atoms with van der Waals surface area (Å²) in [5.41, 5.74) is 1.63. The highest BCUT2D eigenvalue weighted by Crippen LogP contribution is 2.23. The number of sulfonamides is 1. The van der Waals surface area contributed by atoms with Gasteiger partial charge in [-0.3, -0.25) is 9.59 Å². The number of nitrogens with zero attached hydrogens (tertiary/aromatic N) is 1. The van der Waals surface area contributed by atoms with E-state index in [1.165, 1.54) is 35.4 Å². The summed E-state index contributed by atoms with van der Waals surface area (Å²) in [6, 6.07) is 7.75. The molecule has 1 atom stereocenters. The molecule has 1 amide bonds. The fourth-order valence-electron chi connectivity index (χ4n) is 3.02. The Morgan fingerprint density at radius 3 is 2.75 bits per heavy atom. The fourth-order valence-corrected chi connectivity index (χ4v) is 4.11. The van der Waals surface area contributed by atoms with Gasteiger partial charge in [-0.1, -0.05) is 6.07 Å². The van der Waals surface area contributed by atoms with Crippen molar-refractivity contribution in [3.8, 4) is 0 Å². The SMILES string of the molecule is CC(O)CCNS(=O)(=O)c1ccc2c(c1)CN(C(=O)C(=O)c1ccco1)CC2. The summed E-state index contributed by atoms with van der Waals surface area (Å²) in [6.45, 7) is 2.23. The van der Waals surface area contributed by atoms with E-state index in [9.17, 15) is 23.1 Å². The van der Waals surface area contributed by atoms with Crippen LogP contribution in [0.25, 0.3) is 0 Å². The minimum absolute atomic E-state index is 0.0190. The summed E-state index contributed by atoms with van der Waals surface area (Å²) < 4.78 is 32.3. The van der Waals surface area contributed by atoms with E-state index in [1.807, 2.05) is 0 Å². The normalized spacial score (nSPS) is 15.1. The number of Topliss-reactive ketones (excluding diaryl/α,β-unsaturated/α-hetero) is 1. The van der Waals surface area contributed by atoms with E-state index in [0.29, 0.717) is 24.9 Å². The van der Waals surface area contributed by atoms with Crippen molar-refractivity contribution in [3.63, 3.8) is 0 Å². The lowest BCUT2D eigenvalue weighted by Crippen LogP contribution is -2.40. The molecular weight excluding hydrogens is 384 g/mol. The van der Waals surface area contributed by atoms with Gasteiger partial charge in [0.15, 0.2) is 5.76 Å². The van der Waals surface area contributed by atoms with Crippen molar-refractivity contribution in [1.82, 2.24) is 9.62 Å². The molecule has 8 nitrogen and oxygen atoms in total. The van der Waals surface area contributed by atoms with Crippen LogP contribution in [-0.4, -0.2) is 49.3 Å². The second-order valence-electron chi connectivity index (χ2n) is 6.75. The van der Waals surface area contributed by atoms with Crippen molar-refractivity contribution >= 4 is 21.7 Å². The third-order valence-electron chi connectivity index (χ3n) is 4.58. The number of furan rings is 1. The maximum Gasteiger partial charge on any atom is 0.298 e. The molecule has 150 valence electrons. The maximum atomic E-state index is 12.5. The minimum Gasteiger partial charge on any atom is -0.461 e. The number of fused-ring (bicyclic) bond motifs is 1. The van der Waals surface area contributed by atoms with Crippen molar-refractivity contribution < 1.29 is 27.5 Å². The van der Waals surface area contributed by atoms with Gasteiger partial charge in [-0.05, 0) is 55.2 Å². The van der Waals surface area contributed by atoms with Crippen LogP contribution in [0.5, 0.6) is 0 Å². The van der Waals surface area contributed by atoms with Crippen LogP contribution in [-0.2, 0) is 27.8 Å². The molecule has 1 aromatic heterocycles. The number of rotatable bonds is 7. The molecule has 2 aromatic rings. The van der Waals surface area contributed by atoms with E-state index in [1.54, 1.807) is 13.0 Å². The average molecular weight is 406 g/mol. The van der Waals surface area contributed by atoms with Gasteiger partial charge < -0.3 is 14.4 Å². The number of aliphatic hydroxyl groups is 1. The summed E-state index contributed by atoms with van der Waals surface area (Å²) in [4.78, 5) is 26.1. The molecule has 1 unspecified atom stereocenters. The first kappa shape index (κ1) is 20.2. The number of aliphatic hydroxyl groups excluding tert-OH is 1. The van der Waals surface area contributed by atoms with Crippen molar-refractivity contribution in [2.45, 2.75) is 37.3 Å². The summed E-state index contributed by atoms with van der Waals surface area (Å²) >= 11 is 0. The minimum atomic E-state index is -3.73. The predicted octanol–water partition coefficient (Wildman–Crippen LogP) is 1.10. The Bertz CT molecular complexity index is 966. The molecule has 2 heterocycles. The summed E-state index contributed by atoms with van der Waals surface area (Å²) in [6.07, 6.45) is 1.56. The van der Waals surface area contributed by atoms with Gasteiger partial charge in [0.2, 0.25) is 10.0 Å². The molecule has 1 aromatic carbocycles. The summed E-state index contributed by atoms with van der Waals surface area (Å²) in [7, 11) is -3.73. The maximum absolute atomic E-state index is 12.5. The zero-order valence-electron chi connectivity index (χ0n) is 15.4. The van der Waals surface area contributed by atoms with Crippen molar-refractivity contribution in [3.05, 3.63) is 53.5 Å². The predicted molar refractivity (Wildman–Crippen MR) is 100 cm³/mol. The Morgan fingerprint density at radius 1 is 1.29 bits per heavy atom. The molecule has 0 fully saturated rings. The molecule has 0 spiro atoms. The molecule has 3 rings (SSSR count). The second-order valence-corrected chi connectivity index (χ2v) is 8.52. The van der Waals surface area contributed by atoms with Gasteiger partial charge in [0, 0.05) is 19.6 Å². The Kier molecular flexibility index (Phi) is 5.97. The van der Waals surface area contributed by atoms with Gasteiger partial charge in [0.25, 0.3) is 11.7 Å². The monoisotopic (exact) mass is 406 g/mol. The van der Waals surface area contributed by atoms with Gasteiger partial charge in [-0.15, -0.1) is 0 Å². The lowest BCUT2D eigenvalue weighted by molar-refractivity contribution is -0.127. The summed E-state index contributed by atoms with van der Waals surface area (Å²) in [5.74, 6) is -1.42. The Hall–Kier alpha value is -2.49.